The number of hydrogen-bond acceptors (Lipinski definition) is 4. The van der Waals surface area contributed by atoms with Crippen LogP contribution in [0.25, 0.3) is 0 Å². The Labute approximate surface area is 89.1 Å². The zero-order valence-electron chi connectivity index (χ0n) is 9.36. The summed E-state index contributed by atoms with van der Waals surface area (Å²) in [7, 11) is 3.41. The second kappa shape index (κ2) is 5.50. The summed E-state index contributed by atoms with van der Waals surface area (Å²) in [5.41, 5.74) is -0.107. The minimum atomic E-state index is -0.107. The van der Waals surface area contributed by atoms with Crippen LogP contribution in [-0.4, -0.2) is 30.0 Å². The van der Waals surface area contributed by atoms with Gasteiger partial charge in [0.1, 0.15) is 0 Å². The zero-order chi connectivity index (χ0) is 11.3. The molecular formula is C10H17N3O2. The number of hydrogen-bond donors (Lipinski definition) is 1. The molecule has 0 aliphatic rings. The summed E-state index contributed by atoms with van der Waals surface area (Å²) in [4.78, 5) is 11.5. The molecule has 1 N–H and O–H groups in total. The SMILES string of the molecule is CCC(Cn1nc(OC)ccc1=O)NC. The first-order chi connectivity index (χ1) is 7.21. The van der Waals surface area contributed by atoms with Crippen molar-refractivity contribution in [1.29, 1.82) is 0 Å². The van der Waals surface area contributed by atoms with Crippen molar-refractivity contribution in [3.63, 3.8) is 0 Å². The predicted octanol–water partition coefficient (Wildman–Crippen LogP) is 0.250. The second-order valence-corrected chi connectivity index (χ2v) is 3.29. The molecule has 1 atom stereocenters. The highest BCUT2D eigenvalue weighted by atomic mass is 16.5. The summed E-state index contributed by atoms with van der Waals surface area (Å²) in [5, 5.41) is 7.19. The Morgan fingerprint density at radius 2 is 2.33 bits per heavy atom. The number of ether oxygens (including phenoxy) is 1. The van der Waals surface area contributed by atoms with Crippen molar-refractivity contribution in [3.05, 3.63) is 22.5 Å². The summed E-state index contributed by atoms with van der Waals surface area (Å²) < 4.78 is 6.39. The minimum Gasteiger partial charge on any atom is -0.480 e. The number of nitrogens with zero attached hydrogens (tertiary/aromatic N) is 2. The van der Waals surface area contributed by atoms with Gasteiger partial charge in [0.15, 0.2) is 0 Å². The molecule has 15 heavy (non-hydrogen) atoms. The largest absolute Gasteiger partial charge is 0.480 e. The lowest BCUT2D eigenvalue weighted by atomic mass is 10.2. The molecule has 0 aromatic carbocycles. The quantitative estimate of drug-likeness (QED) is 0.758. The van der Waals surface area contributed by atoms with Crippen LogP contribution in [0.15, 0.2) is 16.9 Å². The van der Waals surface area contributed by atoms with Crippen LogP contribution < -0.4 is 15.6 Å². The van der Waals surface area contributed by atoms with Crippen molar-refractivity contribution in [1.82, 2.24) is 15.1 Å². The maximum atomic E-state index is 11.5. The van der Waals surface area contributed by atoms with E-state index in [0.29, 0.717) is 12.4 Å². The number of aromatic nitrogens is 2. The zero-order valence-corrected chi connectivity index (χ0v) is 9.36. The van der Waals surface area contributed by atoms with E-state index in [1.165, 1.54) is 17.9 Å². The van der Waals surface area contributed by atoms with Gasteiger partial charge in [-0.25, -0.2) is 4.68 Å². The topological polar surface area (TPSA) is 56.2 Å². The summed E-state index contributed by atoms with van der Waals surface area (Å²) in [6.07, 6.45) is 0.946. The van der Waals surface area contributed by atoms with Gasteiger partial charge in [0, 0.05) is 18.2 Å². The number of likely N-dealkylation sites (N-methyl/N-ethyl adjacent to an activating group) is 1. The van der Waals surface area contributed by atoms with E-state index in [1.54, 1.807) is 6.07 Å². The average molecular weight is 211 g/mol. The summed E-state index contributed by atoms with van der Waals surface area (Å²) in [5.74, 6) is 0.459. The van der Waals surface area contributed by atoms with E-state index < -0.39 is 0 Å². The smallest absolute Gasteiger partial charge is 0.267 e. The molecule has 0 radical (unpaired) electrons. The fourth-order valence-electron chi connectivity index (χ4n) is 1.30. The summed E-state index contributed by atoms with van der Waals surface area (Å²) >= 11 is 0. The molecular weight excluding hydrogens is 194 g/mol. The van der Waals surface area contributed by atoms with Crippen LogP contribution in [-0.2, 0) is 6.54 Å². The van der Waals surface area contributed by atoms with Crippen molar-refractivity contribution in [2.75, 3.05) is 14.2 Å². The molecule has 1 heterocycles. The third-order valence-corrected chi connectivity index (χ3v) is 2.35. The van der Waals surface area contributed by atoms with Gasteiger partial charge in [0.05, 0.1) is 13.7 Å². The monoisotopic (exact) mass is 211 g/mol. The minimum absolute atomic E-state index is 0.107. The Hall–Kier alpha value is -1.36. The van der Waals surface area contributed by atoms with E-state index in [1.807, 2.05) is 7.05 Å². The summed E-state index contributed by atoms with van der Waals surface area (Å²) in [6.45, 7) is 2.62. The van der Waals surface area contributed by atoms with Crippen molar-refractivity contribution in [2.24, 2.45) is 0 Å². The lowest BCUT2D eigenvalue weighted by Gasteiger charge is -2.14. The first kappa shape index (κ1) is 11.7. The van der Waals surface area contributed by atoms with Crippen molar-refractivity contribution < 1.29 is 4.74 Å². The molecule has 5 heteroatoms. The molecule has 0 saturated carbocycles. The van der Waals surface area contributed by atoms with Gasteiger partial charge in [-0.15, -0.1) is 5.10 Å². The van der Waals surface area contributed by atoms with Crippen LogP contribution in [0.3, 0.4) is 0 Å². The van der Waals surface area contributed by atoms with Crippen LogP contribution >= 0.6 is 0 Å². The van der Waals surface area contributed by atoms with Crippen LogP contribution in [0.2, 0.25) is 0 Å². The first-order valence-corrected chi connectivity index (χ1v) is 5.00. The third-order valence-electron chi connectivity index (χ3n) is 2.35. The van der Waals surface area contributed by atoms with E-state index in [9.17, 15) is 4.79 Å². The number of rotatable bonds is 5. The summed E-state index contributed by atoms with van der Waals surface area (Å²) in [6, 6.07) is 3.29. The molecule has 0 fully saturated rings. The fourth-order valence-corrected chi connectivity index (χ4v) is 1.30. The van der Waals surface area contributed by atoms with Crippen LogP contribution in [0.4, 0.5) is 0 Å². The van der Waals surface area contributed by atoms with Gasteiger partial charge in [0.2, 0.25) is 5.88 Å². The molecule has 0 spiro atoms. The van der Waals surface area contributed by atoms with Gasteiger partial charge < -0.3 is 10.1 Å². The van der Waals surface area contributed by atoms with Crippen LogP contribution in [0.1, 0.15) is 13.3 Å². The van der Waals surface area contributed by atoms with Crippen molar-refractivity contribution >= 4 is 0 Å². The Morgan fingerprint density at radius 3 is 2.87 bits per heavy atom. The van der Waals surface area contributed by atoms with E-state index in [-0.39, 0.29) is 11.6 Å². The average Bonchev–Trinajstić information content (AvgIpc) is 2.28. The lowest BCUT2D eigenvalue weighted by Crippen LogP contribution is -2.35. The lowest BCUT2D eigenvalue weighted by molar-refractivity contribution is 0.360. The highest BCUT2D eigenvalue weighted by Crippen LogP contribution is 2.00. The molecule has 84 valence electrons. The van der Waals surface area contributed by atoms with Crippen LogP contribution in [0.5, 0.6) is 5.88 Å². The standard InChI is InChI=1S/C10H17N3O2/c1-4-8(11-2)7-13-10(14)6-5-9(12-13)15-3/h5-6,8,11H,4,7H2,1-3H3. The molecule has 5 nitrogen and oxygen atoms in total. The van der Waals surface area contributed by atoms with Gasteiger partial charge in [-0.05, 0) is 13.5 Å². The molecule has 1 unspecified atom stereocenters. The number of nitrogens with one attached hydrogen (secondary N) is 1. The Balaban J connectivity index is 2.87. The van der Waals surface area contributed by atoms with Crippen LogP contribution in [0, 0.1) is 0 Å². The highest BCUT2D eigenvalue weighted by Gasteiger charge is 2.07. The maximum Gasteiger partial charge on any atom is 0.267 e. The van der Waals surface area contributed by atoms with E-state index in [4.69, 9.17) is 4.74 Å². The third kappa shape index (κ3) is 3.06. The molecule has 1 aromatic heterocycles. The number of methoxy groups -OCH3 is 1. The second-order valence-electron chi connectivity index (χ2n) is 3.29. The van der Waals surface area contributed by atoms with Crippen molar-refractivity contribution in [2.45, 2.75) is 25.9 Å². The van der Waals surface area contributed by atoms with E-state index in [2.05, 4.69) is 17.3 Å². The molecule has 0 bridgehead atoms. The predicted molar refractivity (Wildman–Crippen MR) is 58.2 cm³/mol. The Morgan fingerprint density at radius 1 is 1.60 bits per heavy atom. The maximum absolute atomic E-state index is 11.5. The Kier molecular flexibility index (Phi) is 4.30. The highest BCUT2D eigenvalue weighted by molar-refractivity contribution is 5.06. The van der Waals surface area contributed by atoms with Gasteiger partial charge in [0.25, 0.3) is 5.56 Å². The van der Waals surface area contributed by atoms with Gasteiger partial charge >= 0.3 is 0 Å². The van der Waals surface area contributed by atoms with Gasteiger partial charge in [-0.2, -0.15) is 0 Å². The molecule has 0 aliphatic carbocycles. The molecule has 0 saturated heterocycles. The Bertz CT molecular complexity index is 358. The first-order valence-electron chi connectivity index (χ1n) is 5.00. The molecule has 1 aromatic rings. The fraction of sp³-hybridized carbons (Fsp3) is 0.600. The van der Waals surface area contributed by atoms with E-state index in [0.717, 1.165) is 6.42 Å². The molecule has 0 aliphatic heterocycles. The molecule has 0 amide bonds. The van der Waals surface area contributed by atoms with Crippen molar-refractivity contribution in [3.8, 4) is 5.88 Å². The molecule has 1 rings (SSSR count). The normalized spacial score (nSPS) is 12.5. The van der Waals surface area contributed by atoms with Gasteiger partial charge in [-0.3, -0.25) is 4.79 Å². The van der Waals surface area contributed by atoms with Gasteiger partial charge in [-0.1, -0.05) is 6.92 Å². The van der Waals surface area contributed by atoms with E-state index >= 15 is 0 Å².